The number of benzene rings is 1. The lowest BCUT2D eigenvalue weighted by Crippen LogP contribution is -2.32. The fraction of sp³-hybridized carbons (Fsp3) is 0.500. The molecule has 5 heteroatoms. The Hall–Kier alpha value is -1.88. The van der Waals surface area contributed by atoms with Gasteiger partial charge in [0.2, 0.25) is 0 Å². The number of aromatic nitrogens is 2. The van der Waals surface area contributed by atoms with Crippen molar-refractivity contribution in [1.82, 2.24) is 14.5 Å². The van der Waals surface area contributed by atoms with Crippen LogP contribution in [0.3, 0.4) is 0 Å². The highest BCUT2D eigenvalue weighted by molar-refractivity contribution is 5.92. The first-order chi connectivity index (χ1) is 10.0. The summed E-state index contributed by atoms with van der Waals surface area (Å²) in [6.07, 6.45) is 2.38. The van der Waals surface area contributed by atoms with Crippen molar-refractivity contribution < 1.29 is 9.90 Å². The van der Waals surface area contributed by atoms with E-state index in [1.165, 1.54) is 12.8 Å². The molecule has 0 atom stereocenters. The maximum atomic E-state index is 11.2. The van der Waals surface area contributed by atoms with Crippen molar-refractivity contribution in [3.05, 3.63) is 29.6 Å². The Bertz CT molecular complexity index is 669. The van der Waals surface area contributed by atoms with Crippen LogP contribution in [0.15, 0.2) is 18.2 Å². The van der Waals surface area contributed by atoms with Crippen LogP contribution in [0.25, 0.3) is 11.0 Å². The standard InChI is InChI=1S/C16H21N3O2/c1-11-17-14-4-3-13(16(20)21)9-15(14)19(11)10-12-5-7-18(2)8-6-12/h3-4,9,12H,5-8,10H2,1-2H3,(H,20,21). The quantitative estimate of drug-likeness (QED) is 0.941. The highest BCUT2D eigenvalue weighted by Gasteiger charge is 2.19. The van der Waals surface area contributed by atoms with Crippen LogP contribution in [0.5, 0.6) is 0 Å². The van der Waals surface area contributed by atoms with Crippen LogP contribution in [0.4, 0.5) is 0 Å². The monoisotopic (exact) mass is 287 g/mol. The van der Waals surface area contributed by atoms with Crippen molar-refractivity contribution >= 4 is 17.0 Å². The summed E-state index contributed by atoms with van der Waals surface area (Å²) < 4.78 is 2.18. The number of hydrogen-bond acceptors (Lipinski definition) is 3. The van der Waals surface area contributed by atoms with Gasteiger partial charge < -0.3 is 14.6 Å². The van der Waals surface area contributed by atoms with Crippen LogP contribution in [0.2, 0.25) is 0 Å². The number of carboxylic acids is 1. The molecule has 1 aromatic carbocycles. The highest BCUT2D eigenvalue weighted by atomic mass is 16.4. The normalized spacial score (nSPS) is 17.4. The average molecular weight is 287 g/mol. The Morgan fingerprint density at radius 2 is 2.10 bits per heavy atom. The van der Waals surface area contributed by atoms with Crippen molar-refractivity contribution in [1.29, 1.82) is 0 Å². The van der Waals surface area contributed by atoms with Gasteiger partial charge in [-0.05, 0) is 64.0 Å². The molecular weight excluding hydrogens is 266 g/mol. The molecule has 3 rings (SSSR count). The molecule has 1 fully saturated rings. The van der Waals surface area contributed by atoms with Gasteiger partial charge in [0.25, 0.3) is 0 Å². The number of nitrogens with zero attached hydrogens (tertiary/aromatic N) is 3. The molecule has 0 bridgehead atoms. The fourth-order valence-electron chi connectivity index (χ4n) is 3.11. The minimum Gasteiger partial charge on any atom is -0.478 e. The topological polar surface area (TPSA) is 58.4 Å². The third-order valence-electron chi connectivity index (χ3n) is 4.46. The number of carboxylic acid groups (broad SMARTS) is 1. The van der Waals surface area contributed by atoms with E-state index in [0.29, 0.717) is 11.5 Å². The minimum absolute atomic E-state index is 0.326. The Morgan fingerprint density at radius 1 is 1.38 bits per heavy atom. The lowest BCUT2D eigenvalue weighted by molar-refractivity contribution is 0.0697. The Kier molecular flexibility index (Phi) is 3.68. The summed E-state index contributed by atoms with van der Waals surface area (Å²) in [6, 6.07) is 5.17. The number of imidazole rings is 1. The Morgan fingerprint density at radius 3 is 2.76 bits per heavy atom. The molecule has 0 spiro atoms. The summed E-state index contributed by atoms with van der Waals surface area (Å²) in [5, 5.41) is 9.16. The third kappa shape index (κ3) is 2.78. The molecule has 1 N–H and O–H groups in total. The molecule has 0 aliphatic carbocycles. The molecule has 5 nitrogen and oxygen atoms in total. The predicted molar refractivity (Wildman–Crippen MR) is 81.7 cm³/mol. The summed E-state index contributed by atoms with van der Waals surface area (Å²) >= 11 is 0. The van der Waals surface area contributed by atoms with Crippen molar-refractivity contribution in [3.8, 4) is 0 Å². The number of fused-ring (bicyclic) bond motifs is 1. The first-order valence-electron chi connectivity index (χ1n) is 7.43. The molecule has 0 saturated carbocycles. The highest BCUT2D eigenvalue weighted by Crippen LogP contribution is 2.23. The molecule has 1 saturated heterocycles. The molecule has 1 aromatic heterocycles. The van der Waals surface area contributed by atoms with E-state index in [0.717, 1.165) is 36.5 Å². The van der Waals surface area contributed by atoms with Crippen LogP contribution in [0, 0.1) is 12.8 Å². The van der Waals surface area contributed by atoms with Crippen molar-refractivity contribution in [2.75, 3.05) is 20.1 Å². The van der Waals surface area contributed by atoms with Crippen LogP contribution in [0.1, 0.15) is 29.0 Å². The van der Waals surface area contributed by atoms with E-state index in [-0.39, 0.29) is 0 Å². The van der Waals surface area contributed by atoms with Gasteiger partial charge in [0.1, 0.15) is 5.82 Å². The predicted octanol–water partition coefficient (Wildman–Crippen LogP) is 2.38. The molecule has 112 valence electrons. The van der Waals surface area contributed by atoms with Gasteiger partial charge >= 0.3 is 5.97 Å². The van der Waals surface area contributed by atoms with Gasteiger partial charge in [0.15, 0.2) is 0 Å². The molecular formula is C16H21N3O2. The smallest absolute Gasteiger partial charge is 0.335 e. The van der Waals surface area contributed by atoms with E-state index in [1.54, 1.807) is 18.2 Å². The number of carbonyl (C=O) groups is 1. The first-order valence-corrected chi connectivity index (χ1v) is 7.43. The zero-order chi connectivity index (χ0) is 15.0. The second-order valence-electron chi connectivity index (χ2n) is 6.02. The molecule has 2 aromatic rings. The average Bonchev–Trinajstić information content (AvgIpc) is 2.77. The largest absolute Gasteiger partial charge is 0.478 e. The zero-order valence-electron chi connectivity index (χ0n) is 12.5. The molecule has 1 aliphatic heterocycles. The number of aryl methyl sites for hydroxylation is 1. The number of aromatic carboxylic acids is 1. The zero-order valence-corrected chi connectivity index (χ0v) is 12.5. The van der Waals surface area contributed by atoms with Gasteiger partial charge in [-0.3, -0.25) is 0 Å². The lowest BCUT2D eigenvalue weighted by Gasteiger charge is -2.29. The summed E-state index contributed by atoms with van der Waals surface area (Å²) in [7, 11) is 2.16. The van der Waals surface area contributed by atoms with Crippen LogP contribution < -0.4 is 0 Å². The maximum Gasteiger partial charge on any atom is 0.335 e. The van der Waals surface area contributed by atoms with Gasteiger partial charge in [0, 0.05) is 6.54 Å². The van der Waals surface area contributed by atoms with Crippen LogP contribution in [-0.2, 0) is 6.54 Å². The van der Waals surface area contributed by atoms with Gasteiger partial charge in [-0.2, -0.15) is 0 Å². The summed E-state index contributed by atoms with van der Waals surface area (Å²) in [6.45, 7) is 5.20. The summed E-state index contributed by atoms with van der Waals surface area (Å²) in [5.41, 5.74) is 2.14. The summed E-state index contributed by atoms with van der Waals surface area (Å²) in [4.78, 5) is 18.1. The van der Waals surface area contributed by atoms with Crippen molar-refractivity contribution in [2.24, 2.45) is 5.92 Å². The van der Waals surface area contributed by atoms with E-state index in [4.69, 9.17) is 5.11 Å². The van der Waals surface area contributed by atoms with E-state index >= 15 is 0 Å². The van der Waals surface area contributed by atoms with E-state index in [9.17, 15) is 4.79 Å². The molecule has 0 radical (unpaired) electrons. The number of piperidine rings is 1. The molecule has 21 heavy (non-hydrogen) atoms. The van der Waals surface area contributed by atoms with Gasteiger partial charge in [-0.1, -0.05) is 0 Å². The molecule has 0 unspecified atom stereocenters. The summed E-state index contributed by atoms with van der Waals surface area (Å²) in [5.74, 6) is 0.721. The molecule has 1 aliphatic rings. The molecule has 2 heterocycles. The Labute approximate surface area is 124 Å². The number of likely N-dealkylation sites (tertiary alicyclic amines) is 1. The second kappa shape index (κ2) is 5.48. The third-order valence-corrected chi connectivity index (χ3v) is 4.46. The van der Waals surface area contributed by atoms with Gasteiger partial charge in [0.05, 0.1) is 16.6 Å². The number of rotatable bonds is 3. The second-order valence-corrected chi connectivity index (χ2v) is 6.02. The van der Waals surface area contributed by atoms with Crippen LogP contribution in [-0.4, -0.2) is 45.7 Å². The lowest BCUT2D eigenvalue weighted by atomic mass is 9.97. The molecule has 0 amide bonds. The minimum atomic E-state index is -0.887. The fourth-order valence-corrected chi connectivity index (χ4v) is 3.11. The Balaban J connectivity index is 1.91. The maximum absolute atomic E-state index is 11.2. The van der Waals surface area contributed by atoms with Crippen LogP contribution >= 0.6 is 0 Å². The number of hydrogen-bond donors (Lipinski definition) is 1. The van der Waals surface area contributed by atoms with Crippen molar-refractivity contribution in [3.63, 3.8) is 0 Å². The first kappa shape index (κ1) is 14.1. The van der Waals surface area contributed by atoms with Gasteiger partial charge in [-0.15, -0.1) is 0 Å². The van der Waals surface area contributed by atoms with E-state index in [1.807, 2.05) is 6.92 Å². The van der Waals surface area contributed by atoms with E-state index < -0.39 is 5.97 Å². The SMILES string of the molecule is Cc1nc2ccc(C(=O)O)cc2n1CC1CCN(C)CC1. The van der Waals surface area contributed by atoms with E-state index in [2.05, 4.69) is 21.5 Å². The van der Waals surface area contributed by atoms with Crippen molar-refractivity contribution in [2.45, 2.75) is 26.3 Å². The van der Waals surface area contributed by atoms with Gasteiger partial charge in [-0.25, -0.2) is 9.78 Å².